The highest BCUT2D eigenvalue weighted by Gasteiger charge is 2.12. The zero-order chi connectivity index (χ0) is 17.6. The molecule has 3 aromatic rings. The summed E-state index contributed by atoms with van der Waals surface area (Å²) in [7, 11) is 0. The van der Waals surface area contributed by atoms with Crippen molar-refractivity contribution in [1.29, 1.82) is 0 Å². The number of carbonyl (C=O) groups is 1. The SMILES string of the molecule is CSc1ccc(Cl)c(C(=O)Nc2cccc(Oc3ccncc3)c2)c1. The van der Waals surface area contributed by atoms with E-state index in [0.717, 1.165) is 4.90 Å². The lowest BCUT2D eigenvalue weighted by molar-refractivity contribution is 0.102. The molecule has 0 bridgehead atoms. The molecule has 3 rings (SSSR count). The highest BCUT2D eigenvalue weighted by molar-refractivity contribution is 7.98. The van der Waals surface area contributed by atoms with Crippen molar-refractivity contribution >= 4 is 35.0 Å². The van der Waals surface area contributed by atoms with E-state index in [4.69, 9.17) is 16.3 Å². The number of thioether (sulfide) groups is 1. The highest BCUT2D eigenvalue weighted by Crippen LogP contribution is 2.26. The van der Waals surface area contributed by atoms with Gasteiger partial charge in [0, 0.05) is 29.0 Å². The predicted molar refractivity (Wildman–Crippen MR) is 102 cm³/mol. The minimum Gasteiger partial charge on any atom is -0.457 e. The number of nitrogens with one attached hydrogen (secondary N) is 1. The lowest BCUT2D eigenvalue weighted by atomic mass is 10.2. The number of hydrogen-bond donors (Lipinski definition) is 1. The van der Waals surface area contributed by atoms with Gasteiger partial charge in [-0.25, -0.2) is 0 Å². The molecule has 0 unspecified atom stereocenters. The van der Waals surface area contributed by atoms with Crippen LogP contribution in [0.2, 0.25) is 5.02 Å². The summed E-state index contributed by atoms with van der Waals surface area (Å²) in [4.78, 5) is 17.4. The fourth-order valence-electron chi connectivity index (χ4n) is 2.18. The Bertz CT molecular complexity index is 888. The van der Waals surface area contributed by atoms with Gasteiger partial charge in [0.2, 0.25) is 0 Å². The van der Waals surface area contributed by atoms with Crippen molar-refractivity contribution in [3.63, 3.8) is 0 Å². The molecule has 2 aromatic carbocycles. The normalized spacial score (nSPS) is 10.3. The Balaban J connectivity index is 1.77. The van der Waals surface area contributed by atoms with Gasteiger partial charge >= 0.3 is 0 Å². The van der Waals surface area contributed by atoms with Crippen LogP contribution in [0.3, 0.4) is 0 Å². The van der Waals surface area contributed by atoms with Crippen molar-refractivity contribution in [2.45, 2.75) is 4.90 Å². The van der Waals surface area contributed by atoms with Crippen LogP contribution in [0.1, 0.15) is 10.4 Å². The van der Waals surface area contributed by atoms with Crippen LogP contribution in [0, 0.1) is 0 Å². The molecule has 0 spiro atoms. The lowest BCUT2D eigenvalue weighted by Crippen LogP contribution is -2.12. The topological polar surface area (TPSA) is 51.2 Å². The molecule has 0 saturated heterocycles. The smallest absolute Gasteiger partial charge is 0.257 e. The molecular weight excluding hydrogens is 356 g/mol. The fourth-order valence-corrected chi connectivity index (χ4v) is 2.83. The number of nitrogens with zero attached hydrogens (tertiary/aromatic N) is 1. The van der Waals surface area contributed by atoms with Crippen molar-refractivity contribution in [3.8, 4) is 11.5 Å². The fraction of sp³-hybridized carbons (Fsp3) is 0.0526. The standard InChI is InChI=1S/C19H15ClN2O2S/c1-25-16-5-6-18(20)17(12-16)19(23)22-13-3-2-4-15(11-13)24-14-7-9-21-10-8-14/h2-12H,1H3,(H,22,23). The van der Waals surface area contributed by atoms with Crippen LogP contribution in [0.4, 0.5) is 5.69 Å². The second-order valence-corrected chi connectivity index (χ2v) is 6.40. The number of amides is 1. The van der Waals surface area contributed by atoms with Crippen molar-refractivity contribution in [2.24, 2.45) is 0 Å². The second kappa shape index (κ2) is 8.05. The number of benzene rings is 2. The van der Waals surface area contributed by atoms with E-state index in [9.17, 15) is 4.79 Å². The summed E-state index contributed by atoms with van der Waals surface area (Å²) >= 11 is 7.71. The minimum atomic E-state index is -0.262. The third-order valence-corrected chi connectivity index (χ3v) is 4.45. The van der Waals surface area contributed by atoms with Gasteiger partial charge in [0.25, 0.3) is 5.91 Å². The molecule has 1 aromatic heterocycles. The minimum absolute atomic E-state index is 0.262. The number of ether oxygens (including phenoxy) is 1. The molecule has 6 heteroatoms. The average Bonchev–Trinajstić information content (AvgIpc) is 2.63. The number of pyridine rings is 1. The molecule has 0 aliphatic heterocycles. The Hall–Kier alpha value is -2.50. The zero-order valence-electron chi connectivity index (χ0n) is 13.4. The number of rotatable bonds is 5. The van der Waals surface area contributed by atoms with E-state index in [2.05, 4.69) is 10.3 Å². The van der Waals surface area contributed by atoms with Crippen LogP contribution >= 0.6 is 23.4 Å². The molecule has 25 heavy (non-hydrogen) atoms. The van der Waals surface area contributed by atoms with Crippen molar-refractivity contribution in [3.05, 3.63) is 77.6 Å². The first-order valence-corrected chi connectivity index (χ1v) is 9.09. The van der Waals surface area contributed by atoms with Crippen LogP contribution in [0.5, 0.6) is 11.5 Å². The van der Waals surface area contributed by atoms with E-state index in [1.165, 1.54) is 0 Å². The molecule has 4 nitrogen and oxygen atoms in total. The number of hydrogen-bond acceptors (Lipinski definition) is 4. The molecule has 126 valence electrons. The maximum absolute atomic E-state index is 12.5. The first-order valence-electron chi connectivity index (χ1n) is 7.48. The zero-order valence-corrected chi connectivity index (χ0v) is 15.0. The Labute approximate surface area is 155 Å². The molecule has 1 heterocycles. The first kappa shape index (κ1) is 17.3. The third-order valence-electron chi connectivity index (χ3n) is 3.40. The summed E-state index contributed by atoms with van der Waals surface area (Å²) in [5.74, 6) is 1.03. The van der Waals surface area contributed by atoms with E-state index in [0.29, 0.717) is 27.8 Å². The molecule has 0 aliphatic rings. The second-order valence-electron chi connectivity index (χ2n) is 5.11. The maximum Gasteiger partial charge on any atom is 0.257 e. The quantitative estimate of drug-likeness (QED) is 0.602. The van der Waals surface area contributed by atoms with E-state index >= 15 is 0 Å². The molecule has 0 radical (unpaired) electrons. The first-order chi connectivity index (χ1) is 12.2. The molecule has 0 atom stereocenters. The van der Waals surface area contributed by atoms with Gasteiger partial charge in [-0.15, -0.1) is 11.8 Å². The van der Waals surface area contributed by atoms with E-state index in [-0.39, 0.29) is 5.91 Å². The Morgan fingerprint density at radius 3 is 2.64 bits per heavy atom. The Kier molecular flexibility index (Phi) is 5.58. The summed E-state index contributed by atoms with van der Waals surface area (Å²) in [6, 6.07) is 16.1. The molecule has 0 fully saturated rings. The van der Waals surface area contributed by atoms with E-state index < -0.39 is 0 Å². The number of anilines is 1. The van der Waals surface area contributed by atoms with Crippen LogP contribution < -0.4 is 10.1 Å². The van der Waals surface area contributed by atoms with Gasteiger partial charge in [0.05, 0.1) is 10.6 Å². The summed E-state index contributed by atoms with van der Waals surface area (Å²) in [5.41, 5.74) is 1.07. The van der Waals surface area contributed by atoms with Gasteiger partial charge in [0.15, 0.2) is 0 Å². The van der Waals surface area contributed by atoms with Crippen molar-refractivity contribution in [2.75, 3.05) is 11.6 Å². The molecule has 1 amide bonds. The maximum atomic E-state index is 12.5. The van der Waals surface area contributed by atoms with E-state index in [1.807, 2.05) is 24.5 Å². The molecule has 1 N–H and O–H groups in total. The summed E-state index contributed by atoms with van der Waals surface area (Å²) in [6.07, 6.45) is 5.26. The van der Waals surface area contributed by atoms with Gasteiger partial charge in [-0.1, -0.05) is 17.7 Å². The van der Waals surface area contributed by atoms with Gasteiger partial charge in [-0.3, -0.25) is 9.78 Å². The molecule has 0 saturated carbocycles. The molecule has 0 aliphatic carbocycles. The van der Waals surface area contributed by atoms with Gasteiger partial charge < -0.3 is 10.1 Å². The summed E-state index contributed by atoms with van der Waals surface area (Å²) in [5, 5.41) is 3.27. The van der Waals surface area contributed by atoms with Crippen LogP contribution in [-0.4, -0.2) is 17.1 Å². The molecular formula is C19H15ClN2O2S. The van der Waals surface area contributed by atoms with Gasteiger partial charge in [0.1, 0.15) is 11.5 Å². The predicted octanol–water partition coefficient (Wildman–Crippen LogP) is 5.50. The number of halogens is 1. The number of carbonyl (C=O) groups excluding carboxylic acids is 1. The average molecular weight is 371 g/mol. The summed E-state index contributed by atoms with van der Waals surface area (Å²) in [6.45, 7) is 0. The van der Waals surface area contributed by atoms with Crippen molar-refractivity contribution < 1.29 is 9.53 Å². The van der Waals surface area contributed by atoms with Crippen LogP contribution in [0.15, 0.2) is 71.9 Å². The Morgan fingerprint density at radius 2 is 1.88 bits per heavy atom. The van der Waals surface area contributed by atoms with E-state index in [1.54, 1.807) is 60.6 Å². The monoisotopic (exact) mass is 370 g/mol. The van der Waals surface area contributed by atoms with Gasteiger partial charge in [-0.2, -0.15) is 0 Å². The Morgan fingerprint density at radius 1 is 1.08 bits per heavy atom. The number of aromatic nitrogens is 1. The third kappa shape index (κ3) is 4.53. The summed E-state index contributed by atoms with van der Waals surface area (Å²) < 4.78 is 5.75. The lowest BCUT2D eigenvalue weighted by Gasteiger charge is -2.10. The van der Waals surface area contributed by atoms with Crippen LogP contribution in [-0.2, 0) is 0 Å². The van der Waals surface area contributed by atoms with Gasteiger partial charge in [-0.05, 0) is 48.7 Å². The van der Waals surface area contributed by atoms with Crippen LogP contribution in [0.25, 0.3) is 0 Å². The largest absolute Gasteiger partial charge is 0.457 e. The highest BCUT2D eigenvalue weighted by atomic mass is 35.5. The van der Waals surface area contributed by atoms with Crippen molar-refractivity contribution in [1.82, 2.24) is 4.98 Å².